The number of nitrogens with zero attached hydrogens (tertiary/aromatic N) is 1. The van der Waals surface area contributed by atoms with Crippen LogP contribution in [0.4, 0.5) is 15.2 Å². The smallest absolute Gasteiger partial charge is 0.259 e. The Hall–Kier alpha value is -1.95. The molecule has 0 spiro atoms. The summed E-state index contributed by atoms with van der Waals surface area (Å²) in [6.45, 7) is 4.05. The van der Waals surface area contributed by atoms with E-state index < -0.39 is 5.82 Å². The molecule has 1 amide bonds. The fourth-order valence-corrected chi connectivity index (χ4v) is 2.38. The van der Waals surface area contributed by atoms with Gasteiger partial charge in [-0.1, -0.05) is 13.8 Å². The van der Waals surface area contributed by atoms with Gasteiger partial charge in [-0.25, -0.2) is 9.37 Å². The predicted octanol–water partition coefficient (Wildman–Crippen LogP) is 3.24. The molecular weight excluding hydrogens is 265 g/mol. The number of thiazole rings is 1. The van der Waals surface area contributed by atoms with Crippen molar-refractivity contribution in [3.8, 4) is 0 Å². The fraction of sp³-hybridized carbons (Fsp3) is 0.231. The average Bonchev–Trinajstić information content (AvgIpc) is 2.77. The van der Waals surface area contributed by atoms with Crippen molar-refractivity contribution in [1.29, 1.82) is 0 Å². The molecule has 0 aliphatic carbocycles. The van der Waals surface area contributed by atoms with E-state index in [1.54, 1.807) is 0 Å². The van der Waals surface area contributed by atoms with Gasteiger partial charge in [0.05, 0.1) is 11.3 Å². The lowest BCUT2D eigenvalue weighted by molar-refractivity contribution is 0.102. The number of carbonyl (C=O) groups excluding carboxylic acids is 1. The molecule has 0 aliphatic heterocycles. The third kappa shape index (κ3) is 3.08. The average molecular weight is 279 g/mol. The summed E-state index contributed by atoms with van der Waals surface area (Å²) < 4.78 is 12.9. The van der Waals surface area contributed by atoms with Crippen molar-refractivity contribution in [3.05, 3.63) is 40.7 Å². The van der Waals surface area contributed by atoms with Crippen molar-refractivity contribution in [2.75, 3.05) is 11.1 Å². The van der Waals surface area contributed by atoms with Crippen LogP contribution in [0.5, 0.6) is 0 Å². The number of amides is 1. The highest BCUT2D eigenvalue weighted by Crippen LogP contribution is 2.22. The minimum Gasteiger partial charge on any atom is -0.398 e. The van der Waals surface area contributed by atoms with E-state index >= 15 is 0 Å². The number of nitrogens with two attached hydrogens (primary N) is 1. The van der Waals surface area contributed by atoms with Crippen molar-refractivity contribution in [2.45, 2.75) is 19.8 Å². The van der Waals surface area contributed by atoms with E-state index in [1.165, 1.54) is 23.5 Å². The highest BCUT2D eigenvalue weighted by Gasteiger charge is 2.13. The van der Waals surface area contributed by atoms with Gasteiger partial charge in [-0.15, -0.1) is 11.3 Å². The number of hydrogen-bond donors (Lipinski definition) is 2. The number of hydrogen-bond acceptors (Lipinski definition) is 4. The van der Waals surface area contributed by atoms with Gasteiger partial charge in [-0.3, -0.25) is 10.1 Å². The van der Waals surface area contributed by atoms with Crippen molar-refractivity contribution < 1.29 is 9.18 Å². The monoisotopic (exact) mass is 279 g/mol. The maximum Gasteiger partial charge on any atom is 0.259 e. The molecular formula is C13H14FN3OS. The summed E-state index contributed by atoms with van der Waals surface area (Å²) in [7, 11) is 0. The first-order chi connectivity index (χ1) is 8.97. The Bertz CT molecular complexity index is 610. The predicted molar refractivity (Wildman–Crippen MR) is 75.0 cm³/mol. The lowest BCUT2D eigenvalue weighted by Crippen LogP contribution is -2.14. The van der Waals surface area contributed by atoms with Crippen LogP contribution in [0.1, 0.15) is 35.8 Å². The fourth-order valence-electron chi connectivity index (χ4n) is 1.51. The molecule has 1 aromatic heterocycles. The van der Waals surface area contributed by atoms with Gasteiger partial charge in [0.1, 0.15) is 5.82 Å². The molecule has 2 rings (SSSR count). The lowest BCUT2D eigenvalue weighted by atomic mass is 10.1. The van der Waals surface area contributed by atoms with E-state index in [-0.39, 0.29) is 17.2 Å². The summed E-state index contributed by atoms with van der Waals surface area (Å²) in [6, 6.07) is 3.68. The van der Waals surface area contributed by atoms with Gasteiger partial charge in [0.15, 0.2) is 5.13 Å². The molecule has 0 saturated heterocycles. The molecule has 0 unspecified atom stereocenters. The zero-order valence-corrected chi connectivity index (χ0v) is 11.4. The van der Waals surface area contributed by atoms with E-state index in [0.29, 0.717) is 11.0 Å². The number of carbonyl (C=O) groups is 1. The summed E-state index contributed by atoms with van der Waals surface area (Å²) in [4.78, 5) is 16.3. The first kappa shape index (κ1) is 13.5. The molecule has 3 N–H and O–H groups in total. The molecule has 0 atom stereocenters. The second kappa shape index (κ2) is 5.36. The second-order valence-corrected chi connectivity index (χ2v) is 5.28. The third-order valence-electron chi connectivity index (χ3n) is 2.59. The number of nitrogen functional groups attached to an aromatic ring is 1. The summed E-state index contributed by atoms with van der Waals surface area (Å²) in [5.74, 6) is -0.551. The standard InChI is InChI=1S/C13H14FN3OS/c1-7(2)11-6-19-13(16-11)17-12(18)9-4-3-8(14)5-10(9)15/h3-7H,15H2,1-2H3,(H,16,17,18). The first-order valence-electron chi connectivity index (χ1n) is 5.79. The third-order valence-corrected chi connectivity index (χ3v) is 3.37. The van der Waals surface area contributed by atoms with Crippen LogP contribution in [0.2, 0.25) is 0 Å². The Morgan fingerprint density at radius 3 is 2.79 bits per heavy atom. The van der Waals surface area contributed by atoms with Gasteiger partial charge >= 0.3 is 0 Å². The molecule has 100 valence electrons. The van der Waals surface area contributed by atoms with Crippen molar-refractivity contribution >= 4 is 28.1 Å². The molecule has 19 heavy (non-hydrogen) atoms. The van der Waals surface area contributed by atoms with Crippen molar-refractivity contribution in [2.24, 2.45) is 0 Å². The van der Waals surface area contributed by atoms with E-state index in [0.717, 1.165) is 11.8 Å². The zero-order chi connectivity index (χ0) is 14.0. The molecule has 0 fully saturated rings. The normalized spacial score (nSPS) is 10.7. The van der Waals surface area contributed by atoms with Gasteiger partial charge < -0.3 is 5.73 Å². The van der Waals surface area contributed by atoms with Crippen LogP contribution >= 0.6 is 11.3 Å². The van der Waals surface area contributed by atoms with Gasteiger partial charge in [0, 0.05) is 11.1 Å². The van der Waals surface area contributed by atoms with Crippen molar-refractivity contribution in [3.63, 3.8) is 0 Å². The molecule has 1 aromatic carbocycles. The molecule has 6 heteroatoms. The van der Waals surface area contributed by atoms with E-state index in [9.17, 15) is 9.18 Å². The maximum absolute atomic E-state index is 12.9. The largest absolute Gasteiger partial charge is 0.398 e. The van der Waals surface area contributed by atoms with E-state index in [2.05, 4.69) is 10.3 Å². The second-order valence-electron chi connectivity index (χ2n) is 4.42. The summed E-state index contributed by atoms with van der Waals surface area (Å²) in [5.41, 5.74) is 6.88. The Morgan fingerprint density at radius 2 is 2.21 bits per heavy atom. The minimum atomic E-state index is -0.467. The Balaban J connectivity index is 2.16. The quantitative estimate of drug-likeness (QED) is 0.847. The zero-order valence-electron chi connectivity index (χ0n) is 10.6. The summed E-state index contributed by atoms with van der Waals surface area (Å²) in [5, 5.41) is 5.07. The van der Waals surface area contributed by atoms with Gasteiger partial charge in [0.2, 0.25) is 0 Å². The highest BCUT2D eigenvalue weighted by atomic mass is 32.1. The SMILES string of the molecule is CC(C)c1csc(NC(=O)c2ccc(F)cc2N)n1. The topological polar surface area (TPSA) is 68.0 Å². The minimum absolute atomic E-state index is 0.109. The van der Waals surface area contributed by atoms with E-state index in [1.807, 2.05) is 19.2 Å². The van der Waals surface area contributed by atoms with Crippen LogP contribution in [-0.2, 0) is 0 Å². The maximum atomic E-state index is 12.9. The van der Waals surface area contributed by atoms with E-state index in [4.69, 9.17) is 5.73 Å². The van der Waals surface area contributed by atoms with Gasteiger partial charge in [-0.05, 0) is 24.1 Å². The number of aromatic nitrogens is 1. The van der Waals surface area contributed by atoms with Crippen LogP contribution in [0.3, 0.4) is 0 Å². The Morgan fingerprint density at radius 1 is 1.47 bits per heavy atom. The summed E-state index contributed by atoms with van der Waals surface area (Å²) in [6.07, 6.45) is 0. The lowest BCUT2D eigenvalue weighted by Gasteiger charge is -2.05. The summed E-state index contributed by atoms with van der Waals surface area (Å²) >= 11 is 1.35. The number of halogens is 1. The van der Waals surface area contributed by atoms with Crippen LogP contribution < -0.4 is 11.1 Å². The molecule has 1 heterocycles. The van der Waals surface area contributed by atoms with Crippen LogP contribution in [-0.4, -0.2) is 10.9 Å². The molecule has 0 saturated carbocycles. The number of anilines is 2. The molecule has 0 radical (unpaired) electrons. The van der Waals surface area contributed by atoms with Crippen molar-refractivity contribution in [1.82, 2.24) is 4.98 Å². The number of nitrogens with one attached hydrogen (secondary N) is 1. The highest BCUT2D eigenvalue weighted by molar-refractivity contribution is 7.14. The van der Waals surface area contributed by atoms with Crippen LogP contribution in [0.15, 0.2) is 23.6 Å². The van der Waals surface area contributed by atoms with Gasteiger partial charge in [-0.2, -0.15) is 0 Å². The molecule has 2 aromatic rings. The molecule has 0 bridgehead atoms. The van der Waals surface area contributed by atoms with Gasteiger partial charge in [0.25, 0.3) is 5.91 Å². The Kier molecular flexibility index (Phi) is 3.80. The first-order valence-corrected chi connectivity index (χ1v) is 6.67. The molecule has 4 nitrogen and oxygen atoms in total. The Labute approximate surface area is 114 Å². The number of benzene rings is 1. The number of rotatable bonds is 3. The molecule has 0 aliphatic rings. The van der Waals surface area contributed by atoms with Crippen LogP contribution in [0, 0.1) is 5.82 Å². The van der Waals surface area contributed by atoms with Crippen LogP contribution in [0.25, 0.3) is 0 Å².